The van der Waals surface area contributed by atoms with Crippen LogP contribution in [-0.2, 0) is 16.8 Å². The predicted molar refractivity (Wildman–Crippen MR) is 134 cm³/mol. The zero-order valence-electron chi connectivity index (χ0n) is 20.8. The molecule has 2 heterocycles. The molecule has 0 saturated carbocycles. The molecule has 0 aliphatic carbocycles. The van der Waals surface area contributed by atoms with Gasteiger partial charge in [0.25, 0.3) is 0 Å². The molecule has 1 fully saturated rings. The molecule has 1 aliphatic rings. The van der Waals surface area contributed by atoms with Gasteiger partial charge in [-0.15, -0.1) is 0 Å². The van der Waals surface area contributed by atoms with Gasteiger partial charge < -0.3 is 9.84 Å². The first-order chi connectivity index (χ1) is 16.3. The van der Waals surface area contributed by atoms with Crippen molar-refractivity contribution >= 4 is 5.91 Å². The van der Waals surface area contributed by atoms with Gasteiger partial charge in [-0.05, 0) is 56.7 Å². The van der Waals surface area contributed by atoms with Gasteiger partial charge in [0.1, 0.15) is 0 Å². The zero-order chi connectivity index (χ0) is 24.1. The number of aromatic nitrogens is 2. The monoisotopic (exact) mass is 460 g/mol. The second kappa shape index (κ2) is 10.5. The second-order valence-corrected chi connectivity index (χ2v) is 10.3. The third-order valence-electron chi connectivity index (χ3n) is 6.74. The molecule has 2 atom stereocenters. The Morgan fingerprint density at radius 3 is 2.76 bits per heavy atom. The van der Waals surface area contributed by atoms with Gasteiger partial charge >= 0.3 is 0 Å². The van der Waals surface area contributed by atoms with Crippen LogP contribution in [0.1, 0.15) is 57.1 Å². The minimum absolute atomic E-state index is 0.000482. The van der Waals surface area contributed by atoms with E-state index in [4.69, 9.17) is 4.52 Å². The van der Waals surface area contributed by atoms with E-state index in [1.54, 1.807) is 0 Å². The summed E-state index contributed by atoms with van der Waals surface area (Å²) in [6, 6.07) is 18.7. The fourth-order valence-electron chi connectivity index (χ4n) is 5.01. The number of likely N-dealkylation sites (tertiary alicyclic amines) is 1. The number of nitrogens with zero attached hydrogens (tertiary/aromatic N) is 3. The van der Waals surface area contributed by atoms with Crippen molar-refractivity contribution in [3.05, 3.63) is 71.6 Å². The Balaban J connectivity index is 1.31. The molecule has 1 saturated heterocycles. The molecule has 6 heteroatoms. The molecule has 180 valence electrons. The highest BCUT2D eigenvalue weighted by Gasteiger charge is 2.29. The molecule has 34 heavy (non-hydrogen) atoms. The minimum Gasteiger partial charge on any atom is -0.353 e. The molecular weight excluding hydrogens is 424 g/mol. The number of carbonyl (C=O) groups is 1. The molecule has 1 aliphatic heterocycles. The number of carbonyl (C=O) groups excluding carboxylic acids is 1. The molecule has 0 radical (unpaired) electrons. The van der Waals surface area contributed by atoms with E-state index in [0.29, 0.717) is 24.8 Å². The van der Waals surface area contributed by atoms with E-state index < -0.39 is 0 Å². The summed E-state index contributed by atoms with van der Waals surface area (Å²) in [7, 11) is 0. The van der Waals surface area contributed by atoms with Crippen molar-refractivity contribution < 1.29 is 9.32 Å². The average Bonchev–Trinajstić information content (AvgIpc) is 3.28. The highest BCUT2D eigenvalue weighted by Crippen LogP contribution is 2.28. The van der Waals surface area contributed by atoms with Crippen molar-refractivity contribution in [2.24, 2.45) is 5.92 Å². The lowest BCUT2D eigenvalue weighted by atomic mass is 9.79. The Bertz CT molecular complexity index is 1090. The van der Waals surface area contributed by atoms with Crippen LogP contribution >= 0.6 is 0 Å². The summed E-state index contributed by atoms with van der Waals surface area (Å²) in [5, 5.41) is 7.43. The van der Waals surface area contributed by atoms with E-state index in [1.807, 2.05) is 31.2 Å². The largest absolute Gasteiger partial charge is 0.353 e. The van der Waals surface area contributed by atoms with Crippen molar-refractivity contribution in [2.45, 2.75) is 65.0 Å². The van der Waals surface area contributed by atoms with Crippen molar-refractivity contribution in [2.75, 3.05) is 13.1 Å². The quantitative estimate of drug-likeness (QED) is 0.505. The number of piperidine rings is 1. The maximum atomic E-state index is 13.1. The lowest BCUT2D eigenvalue weighted by Crippen LogP contribution is -2.46. The first-order valence-corrected chi connectivity index (χ1v) is 12.3. The normalized spacial score (nSPS) is 17.9. The van der Waals surface area contributed by atoms with Gasteiger partial charge in [-0.1, -0.05) is 73.1 Å². The van der Waals surface area contributed by atoms with Crippen LogP contribution in [0.25, 0.3) is 11.4 Å². The summed E-state index contributed by atoms with van der Waals surface area (Å²) < 4.78 is 5.52. The molecule has 3 aromatic rings. The molecule has 1 aromatic heterocycles. The van der Waals surface area contributed by atoms with E-state index in [0.717, 1.165) is 36.9 Å². The lowest BCUT2D eigenvalue weighted by Gasteiger charge is -2.33. The van der Waals surface area contributed by atoms with Crippen LogP contribution in [0.4, 0.5) is 0 Å². The van der Waals surface area contributed by atoms with Crippen LogP contribution in [-0.4, -0.2) is 40.1 Å². The molecule has 1 N–H and O–H groups in total. The van der Waals surface area contributed by atoms with Crippen LogP contribution in [0, 0.1) is 12.8 Å². The molecule has 0 spiro atoms. The molecule has 6 nitrogen and oxygen atoms in total. The maximum Gasteiger partial charge on any atom is 0.241 e. The molecule has 0 bridgehead atoms. The number of nitrogens with one attached hydrogen (secondary N) is 1. The summed E-state index contributed by atoms with van der Waals surface area (Å²) >= 11 is 0. The Hall–Kier alpha value is -2.99. The van der Waals surface area contributed by atoms with Crippen LogP contribution in [0.5, 0.6) is 0 Å². The van der Waals surface area contributed by atoms with Gasteiger partial charge in [-0.25, -0.2) is 0 Å². The third-order valence-corrected chi connectivity index (χ3v) is 6.74. The van der Waals surface area contributed by atoms with Crippen LogP contribution in [0.3, 0.4) is 0 Å². The van der Waals surface area contributed by atoms with Gasteiger partial charge in [-0.3, -0.25) is 9.69 Å². The first kappa shape index (κ1) is 24.1. The molecule has 4 rings (SSSR count). The van der Waals surface area contributed by atoms with Crippen molar-refractivity contribution in [1.82, 2.24) is 20.4 Å². The van der Waals surface area contributed by atoms with Crippen molar-refractivity contribution in [3.63, 3.8) is 0 Å². The summed E-state index contributed by atoms with van der Waals surface area (Å²) in [6.45, 7) is 10.8. The fourth-order valence-corrected chi connectivity index (χ4v) is 5.01. The summed E-state index contributed by atoms with van der Waals surface area (Å²) in [6.07, 6.45) is 2.79. The molecular formula is C28H36N4O2. The van der Waals surface area contributed by atoms with E-state index >= 15 is 0 Å². The number of benzene rings is 2. The number of aryl methyl sites for hydroxylation is 1. The Morgan fingerprint density at radius 2 is 2.00 bits per heavy atom. The van der Waals surface area contributed by atoms with Gasteiger partial charge in [0.15, 0.2) is 0 Å². The standard InChI is InChI=1S/C28H36N4O2/c1-20-10-8-11-22(16-20)26-30-25(34-31-26)19-32-15-9-12-23(18-32)27(33)29-21(2)17-28(3,4)24-13-6-5-7-14-24/h5-8,10-11,13-14,16,21,23H,9,12,15,17-19H2,1-4H3,(H,29,33). The zero-order valence-corrected chi connectivity index (χ0v) is 20.8. The Morgan fingerprint density at radius 1 is 1.21 bits per heavy atom. The highest BCUT2D eigenvalue weighted by atomic mass is 16.5. The molecule has 1 amide bonds. The van der Waals surface area contributed by atoms with Crippen LogP contribution < -0.4 is 5.32 Å². The third kappa shape index (κ3) is 6.11. The second-order valence-electron chi connectivity index (χ2n) is 10.3. The van der Waals surface area contributed by atoms with E-state index in [2.05, 4.69) is 71.5 Å². The van der Waals surface area contributed by atoms with Crippen molar-refractivity contribution in [3.8, 4) is 11.4 Å². The average molecular weight is 461 g/mol. The van der Waals surface area contributed by atoms with Gasteiger partial charge in [-0.2, -0.15) is 4.98 Å². The summed E-state index contributed by atoms with van der Waals surface area (Å²) in [5.74, 6) is 1.33. The number of rotatable bonds is 8. The number of amides is 1. The maximum absolute atomic E-state index is 13.1. The molecule has 2 unspecified atom stereocenters. The topological polar surface area (TPSA) is 71.3 Å². The Kier molecular flexibility index (Phi) is 7.47. The smallest absolute Gasteiger partial charge is 0.241 e. The van der Waals surface area contributed by atoms with E-state index in [1.165, 1.54) is 5.56 Å². The fraction of sp³-hybridized carbons (Fsp3) is 0.464. The van der Waals surface area contributed by atoms with E-state index in [9.17, 15) is 4.79 Å². The lowest BCUT2D eigenvalue weighted by molar-refractivity contribution is -0.127. The van der Waals surface area contributed by atoms with E-state index in [-0.39, 0.29) is 23.3 Å². The summed E-state index contributed by atoms with van der Waals surface area (Å²) in [4.78, 5) is 19.9. The molecule has 2 aromatic carbocycles. The van der Waals surface area contributed by atoms with Gasteiger partial charge in [0.2, 0.25) is 17.6 Å². The SMILES string of the molecule is Cc1cccc(-c2noc(CN3CCCC(C(=O)NC(C)CC(C)(C)c4ccccc4)C3)n2)c1. The van der Waals surface area contributed by atoms with Crippen molar-refractivity contribution in [1.29, 1.82) is 0 Å². The first-order valence-electron chi connectivity index (χ1n) is 12.3. The highest BCUT2D eigenvalue weighted by molar-refractivity contribution is 5.79. The number of hydrogen-bond acceptors (Lipinski definition) is 5. The van der Waals surface area contributed by atoms with Crippen LogP contribution in [0.15, 0.2) is 59.1 Å². The van der Waals surface area contributed by atoms with Gasteiger partial charge in [0, 0.05) is 18.2 Å². The summed E-state index contributed by atoms with van der Waals surface area (Å²) in [5.41, 5.74) is 3.41. The Labute approximate surface area is 202 Å². The van der Waals surface area contributed by atoms with Crippen LogP contribution in [0.2, 0.25) is 0 Å². The van der Waals surface area contributed by atoms with Gasteiger partial charge in [0.05, 0.1) is 12.5 Å². The predicted octanol–water partition coefficient (Wildman–Crippen LogP) is 5.13. The number of hydrogen-bond donors (Lipinski definition) is 1. The minimum atomic E-state index is -0.0183.